The Morgan fingerprint density at radius 3 is 3.00 bits per heavy atom. The molecule has 0 bridgehead atoms. The fourth-order valence-corrected chi connectivity index (χ4v) is 1.54. The van der Waals surface area contributed by atoms with Gasteiger partial charge < -0.3 is 10.1 Å². The molecule has 0 saturated carbocycles. The molecule has 0 radical (unpaired) electrons. The lowest BCUT2D eigenvalue weighted by Crippen LogP contribution is -2.17. The molecule has 0 atom stereocenters. The van der Waals surface area contributed by atoms with Gasteiger partial charge in [-0.15, -0.1) is 0 Å². The zero-order valence-electron chi connectivity index (χ0n) is 8.65. The number of carbonyl (C=O) groups excluding carboxylic acids is 1. The Morgan fingerprint density at radius 1 is 1.56 bits per heavy atom. The molecule has 0 aliphatic rings. The van der Waals surface area contributed by atoms with Gasteiger partial charge in [-0.05, 0) is 12.1 Å². The van der Waals surface area contributed by atoms with E-state index < -0.39 is 5.56 Å². The van der Waals surface area contributed by atoms with E-state index in [4.69, 9.17) is 0 Å². The molecule has 5 heteroatoms. The smallest absolute Gasteiger partial charge is 0.264 e. The molecule has 0 unspecified atom stereocenters. The number of H-pyrrole nitrogens is 1. The monoisotopic (exact) mass is 218 g/mol. The number of nitrogens with one attached hydrogen (secondary N) is 1. The van der Waals surface area contributed by atoms with E-state index >= 15 is 0 Å². The highest BCUT2D eigenvalue weighted by Gasteiger charge is 2.17. The van der Waals surface area contributed by atoms with Crippen molar-refractivity contribution in [2.75, 3.05) is 0 Å². The van der Waals surface area contributed by atoms with Crippen molar-refractivity contribution in [2.24, 2.45) is 0 Å². The molecule has 2 heterocycles. The Balaban J connectivity index is 2.86. The summed E-state index contributed by atoms with van der Waals surface area (Å²) in [6, 6.07) is 3.22. The van der Waals surface area contributed by atoms with Crippen molar-refractivity contribution in [1.82, 2.24) is 9.97 Å². The number of Topliss-reactive ketones (excluding diaryl/α,β-unsaturated/α-hetero) is 1. The van der Waals surface area contributed by atoms with Gasteiger partial charge in [0.2, 0.25) is 0 Å². The van der Waals surface area contributed by atoms with Gasteiger partial charge in [-0.1, -0.05) is 6.92 Å². The highest BCUT2D eigenvalue weighted by molar-refractivity contribution is 6.02. The highest BCUT2D eigenvalue weighted by atomic mass is 16.3. The summed E-state index contributed by atoms with van der Waals surface area (Å²) < 4.78 is 0. The van der Waals surface area contributed by atoms with Gasteiger partial charge in [0.25, 0.3) is 5.56 Å². The number of aromatic nitrogens is 2. The molecule has 2 rings (SSSR count). The third-order valence-corrected chi connectivity index (χ3v) is 2.36. The standard InChI is InChI=1S/C11H10N2O3/c1-2-7(14)8-9(15)6-4-3-5-12-10(6)13-11(8)16/h3-5H,2H2,1H3,(H2,12,13,15,16). The molecular weight excluding hydrogens is 208 g/mol. The van der Waals surface area contributed by atoms with Crippen molar-refractivity contribution in [2.45, 2.75) is 13.3 Å². The second-order valence-electron chi connectivity index (χ2n) is 3.35. The first-order chi connectivity index (χ1) is 7.65. The summed E-state index contributed by atoms with van der Waals surface area (Å²) in [6.45, 7) is 1.63. The largest absolute Gasteiger partial charge is 0.506 e. The molecule has 0 saturated heterocycles. The van der Waals surface area contributed by atoms with Crippen LogP contribution in [0.4, 0.5) is 0 Å². The van der Waals surface area contributed by atoms with Gasteiger partial charge in [0.1, 0.15) is 17.0 Å². The lowest BCUT2D eigenvalue weighted by Gasteiger charge is -2.04. The van der Waals surface area contributed by atoms with Crippen LogP contribution < -0.4 is 5.56 Å². The van der Waals surface area contributed by atoms with Gasteiger partial charge in [0, 0.05) is 12.6 Å². The van der Waals surface area contributed by atoms with Crippen LogP contribution >= 0.6 is 0 Å². The molecule has 16 heavy (non-hydrogen) atoms. The molecule has 0 spiro atoms. The number of hydrogen-bond donors (Lipinski definition) is 2. The summed E-state index contributed by atoms with van der Waals surface area (Å²) >= 11 is 0. The van der Waals surface area contributed by atoms with E-state index in [0.29, 0.717) is 5.39 Å². The fourth-order valence-electron chi connectivity index (χ4n) is 1.54. The highest BCUT2D eigenvalue weighted by Crippen LogP contribution is 2.23. The third-order valence-electron chi connectivity index (χ3n) is 2.36. The summed E-state index contributed by atoms with van der Waals surface area (Å²) in [4.78, 5) is 29.4. The maximum atomic E-state index is 11.6. The number of carbonyl (C=O) groups is 1. The van der Waals surface area contributed by atoms with E-state index in [0.717, 1.165) is 0 Å². The topological polar surface area (TPSA) is 83.0 Å². The summed E-state index contributed by atoms with van der Waals surface area (Å²) in [5.41, 5.74) is -0.517. The molecule has 0 amide bonds. The molecule has 2 aromatic rings. The Labute approximate surface area is 90.8 Å². The van der Waals surface area contributed by atoms with Gasteiger partial charge in [0.15, 0.2) is 5.78 Å². The van der Waals surface area contributed by atoms with Gasteiger partial charge in [-0.3, -0.25) is 9.59 Å². The molecule has 0 aliphatic heterocycles. The quantitative estimate of drug-likeness (QED) is 0.742. The first-order valence-electron chi connectivity index (χ1n) is 4.88. The maximum absolute atomic E-state index is 11.6. The van der Waals surface area contributed by atoms with Crippen LogP contribution in [0.3, 0.4) is 0 Å². The second-order valence-corrected chi connectivity index (χ2v) is 3.35. The molecular formula is C11H10N2O3. The van der Waals surface area contributed by atoms with Crippen molar-refractivity contribution in [1.29, 1.82) is 0 Å². The number of fused-ring (bicyclic) bond motifs is 1. The van der Waals surface area contributed by atoms with Crippen LogP contribution in [0.2, 0.25) is 0 Å². The Morgan fingerprint density at radius 2 is 2.31 bits per heavy atom. The van der Waals surface area contributed by atoms with E-state index in [1.165, 1.54) is 6.20 Å². The van der Waals surface area contributed by atoms with Gasteiger partial charge in [-0.25, -0.2) is 4.98 Å². The number of pyridine rings is 2. The third kappa shape index (κ3) is 1.46. The second kappa shape index (κ2) is 3.77. The minimum absolute atomic E-state index is 0.169. The minimum atomic E-state index is -0.601. The predicted octanol–water partition coefficient (Wildman–Crippen LogP) is 1.22. The average molecular weight is 218 g/mol. The van der Waals surface area contributed by atoms with E-state index in [-0.39, 0.29) is 29.2 Å². The molecule has 5 nitrogen and oxygen atoms in total. The van der Waals surface area contributed by atoms with Crippen LogP contribution in [-0.4, -0.2) is 20.9 Å². The van der Waals surface area contributed by atoms with E-state index in [1.807, 2.05) is 0 Å². The van der Waals surface area contributed by atoms with Crippen molar-refractivity contribution in [3.63, 3.8) is 0 Å². The van der Waals surface area contributed by atoms with Crippen LogP contribution in [0.15, 0.2) is 23.1 Å². The van der Waals surface area contributed by atoms with Gasteiger partial charge >= 0.3 is 0 Å². The average Bonchev–Trinajstić information content (AvgIpc) is 2.28. The van der Waals surface area contributed by atoms with Gasteiger partial charge in [0.05, 0.1) is 5.39 Å². The fraction of sp³-hybridized carbons (Fsp3) is 0.182. The van der Waals surface area contributed by atoms with Crippen LogP contribution in [-0.2, 0) is 0 Å². The molecule has 82 valence electrons. The summed E-state index contributed by atoms with van der Waals surface area (Å²) in [6.07, 6.45) is 1.67. The first kappa shape index (κ1) is 10.4. The van der Waals surface area contributed by atoms with Crippen LogP contribution in [0.25, 0.3) is 11.0 Å². The number of nitrogens with zero attached hydrogens (tertiary/aromatic N) is 1. The number of hydrogen-bond acceptors (Lipinski definition) is 4. The number of rotatable bonds is 2. The normalized spacial score (nSPS) is 10.6. The number of aromatic amines is 1. The van der Waals surface area contributed by atoms with Crippen molar-refractivity contribution < 1.29 is 9.90 Å². The van der Waals surface area contributed by atoms with Gasteiger partial charge in [-0.2, -0.15) is 0 Å². The van der Waals surface area contributed by atoms with Crippen molar-refractivity contribution in [3.05, 3.63) is 34.2 Å². The summed E-state index contributed by atoms with van der Waals surface area (Å²) in [7, 11) is 0. The zero-order chi connectivity index (χ0) is 11.7. The van der Waals surface area contributed by atoms with Crippen molar-refractivity contribution in [3.8, 4) is 5.75 Å². The molecule has 0 aromatic carbocycles. The van der Waals surface area contributed by atoms with Crippen LogP contribution in [0, 0.1) is 0 Å². The number of ketones is 1. The minimum Gasteiger partial charge on any atom is -0.506 e. The Hall–Kier alpha value is -2.17. The van der Waals surface area contributed by atoms with E-state index in [9.17, 15) is 14.7 Å². The van der Waals surface area contributed by atoms with Crippen molar-refractivity contribution >= 4 is 16.8 Å². The van der Waals surface area contributed by atoms with E-state index in [2.05, 4.69) is 9.97 Å². The molecule has 0 aliphatic carbocycles. The molecule has 2 N–H and O–H groups in total. The lowest BCUT2D eigenvalue weighted by molar-refractivity contribution is 0.0984. The number of aromatic hydroxyl groups is 1. The van der Waals surface area contributed by atoms with Crippen LogP contribution in [0.1, 0.15) is 23.7 Å². The SMILES string of the molecule is CCC(=O)c1c(O)c2cccnc2[nH]c1=O. The molecule has 2 aromatic heterocycles. The van der Waals surface area contributed by atoms with E-state index in [1.54, 1.807) is 19.1 Å². The summed E-state index contributed by atoms with van der Waals surface area (Å²) in [5.74, 6) is -0.678. The zero-order valence-corrected chi connectivity index (χ0v) is 8.65. The predicted molar refractivity (Wildman–Crippen MR) is 58.7 cm³/mol. The Bertz CT molecular complexity index is 616. The summed E-state index contributed by atoms with van der Waals surface area (Å²) in [5, 5.41) is 10.2. The lowest BCUT2D eigenvalue weighted by atomic mass is 10.1. The Kier molecular flexibility index (Phi) is 2.44. The van der Waals surface area contributed by atoms with Crippen LogP contribution in [0.5, 0.6) is 5.75 Å². The maximum Gasteiger partial charge on any atom is 0.264 e. The molecule has 0 fully saturated rings. The first-order valence-corrected chi connectivity index (χ1v) is 4.88.